The number of benzene rings is 1. The van der Waals surface area contributed by atoms with E-state index in [0.29, 0.717) is 16.1 Å². The van der Waals surface area contributed by atoms with Crippen LogP contribution in [-0.2, 0) is 10.0 Å². The molecule has 1 aliphatic rings. The van der Waals surface area contributed by atoms with E-state index in [2.05, 4.69) is 15.9 Å². The first-order chi connectivity index (χ1) is 8.93. The molecule has 0 saturated heterocycles. The molecule has 0 spiro atoms. The van der Waals surface area contributed by atoms with Crippen molar-refractivity contribution in [1.29, 1.82) is 0 Å². The first-order valence-electron chi connectivity index (χ1n) is 5.48. The lowest BCUT2D eigenvalue weighted by atomic mass is 10.1. The molecule has 1 aliphatic heterocycles. The Morgan fingerprint density at radius 3 is 2.79 bits per heavy atom. The average molecular weight is 360 g/mol. The van der Waals surface area contributed by atoms with Crippen molar-refractivity contribution in [3.8, 4) is 0 Å². The third-order valence-corrected chi connectivity index (χ3v) is 6.67. The fourth-order valence-corrected chi connectivity index (χ4v) is 5.32. The number of sulfonamides is 1. The van der Waals surface area contributed by atoms with Crippen LogP contribution in [-0.4, -0.2) is 20.6 Å². The van der Waals surface area contributed by atoms with Gasteiger partial charge in [0, 0.05) is 12.6 Å². The second kappa shape index (κ2) is 4.31. The molecule has 2 aromatic rings. The summed E-state index contributed by atoms with van der Waals surface area (Å²) < 4.78 is 27.1. The Morgan fingerprint density at radius 2 is 2.05 bits per heavy atom. The Hall–Kier alpha value is -0.890. The molecular formula is C12H10BrNO3S2. The molecule has 0 fully saturated rings. The van der Waals surface area contributed by atoms with Gasteiger partial charge in [0.2, 0.25) is 0 Å². The summed E-state index contributed by atoms with van der Waals surface area (Å²) in [5.74, 6) is 0. The predicted octanol–water partition coefficient (Wildman–Crippen LogP) is 2.73. The second-order valence-corrected chi connectivity index (χ2v) is 8.61. The molecule has 1 aromatic heterocycles. The molecule has 7 heteroatoms. The van der Waals surface area contributed by atoms with Gasteiger partial charge in [0.15, 0.2) is 0 Å². The van der Waals surface area contributed by atoms with Crippen LogP contribution in [0.1, 0.15) is 16.5 Å². The Bertz CT molecular complexity index is 754. The zero-order valence-electron chi connectivity index (χ0n) is 9.87. The third-order valence-electron chi connectivity index (χ3n) is 3.15. The standard InChI is InChI=1S/C12H10BrNO3S2/c1-14-8-6-10(13)18-12(8)11(15)7-4-2-3-5-9(7)19(14,16)17/h2-6,11,15H,1H3. The lowest BCUT2D eigenvalue weighted by Crippen LogP contribution is -2.26. The molecule has 3 rings (SSSR count). The quantitative estimate of drug-likeness (QED) is 0.786. The van der Waals surface area contributed by atoms with E-state index >= 15 is 0 Å². The lowest BCUT2D eigenvalue weighted by Gasteiger charge is -2.17. The highest BCUT2D eigenvalue weighted by atomic mass is 79.9. The van der Waals surface area contributed by atoms with Crippen molar-refractivity contribution >= 4 is 43.0 Å². The van der Waals surface area contributed by atoms with Gasteiger partial charge in [-0.05, 0) is 28.1 Å². The van der Waals surface area contributed by atoms with E-state index in [0.717, 1.165) is 3.79 Å². The minimum atomic E-state index is -3.63. The summed E-state index contributed by atoms with van der Waals surface area (Å²) >= 11 is 4.68. The minimum Gasteiger partial charge on any atom is -0.383 e. The second-order valence-electron chi connectivity index (χ2n) is 4.21. The molecule has 4 nitrogen and oxygen atoms in total. The van der Waals surface area contributed by atoms with Crippen molar-refractivity contribution in [1.82, 2.24) is 0 Å². The molecule has 0 bridgehead atoms. The molecule has 1 unspecified atom stereocenters. The Balaban J connectivity index is 2.40. The predicted molar refractivity (Wildman–Crippen MR) is 78.1 cm³/mol. The molecule has 0 amide bonds. The maximum atomic E-state index is 12.5. The van der Waals surface area contributed by atoms with Gasteiger partial charge in [0.1, 0.15) is 6.10 Å². The van der Waals surface area contributed by atoms with E-state index in [1.54, 1.807) is 24.3 Å². The first kappa shape index (κ1) is 13.1. The topological polar surface area (TPSA) is 57.6 Å². The summed E-state index contributed by atoms with van der Waals surface area (Å²) in [5, 5.41) is 10.5. The van der Waals surface area contributed by atoms with E-state index in [1.165, 1.54) is 28.8 Å². The number of hydrogen-bond donors (Lipinski definition) is 1. The number of rotatable bonds is 0. The summed E-state index contributed by atoms with van der Waals surface area (Å²) in [7, 11) is -2.13. The number of hydrogen-bond acceptors (Lipinski definition) is 4. The van der Waals surface area contributed by atoms with Gasteiger partial charge in [-0.1, -0.05) is 18.2 Å². The van der Waals surface area contributed by atoms with Crippen molar-refractivity contribution in [3.05, 3.63) is 44.6 Å². The molecule has 1 aromatic carbocycles. The van der Waals surface area contributed by atoms with Gasteiger partial charge >= 0.3 is 0 Å². The summed E-state index contributed by atoms with van der Waals surface area (Å²) in [6.07, 6.45) is -0.928. The highest BCUT2D eigenvalue weighted by Gasteiger charge is 2.35. The molecule has 2 heterocycles. The monoisotopic (exact) mass is 359 g/mol. The van der Waals surface area contributed by atoms with Crippen LogP contribution in [0.4, 0.5) is 5.69 Å². The third kappa shape index (κ3) is 1.84. The maximum absolute atomic E-state index is 12.5. The Labute approximate surface area is 123 Å². The number of nitrogens with zero attached hydrogens (tertiary/aromatic N) is 1. The van der Waals surface area contributed by atoms with Crippen molar-refractivity contribution in [2.24, 2.45) is 0 Å². The van der Waals surface area contributed by atoms with Gasteiger partial charge in [-0.2, -0.15) is 0 Å². The smallest absolute Gasteiger partial charge is 0.264 e. The minimum absolute atomic E-state index is 0.157. The van der Waals surface area contributed by atoms with Crippen molar-refractivity contribution in [2.45, 2.75) is 11.0 Å². The number of aliphatic hydroxyl groups is 1. The van der Waals surface area contributed by atoms with Gasteiger partial charge in [-0.15, -0.1) is 11.3 Å². The first-order valence-corrected chi connectivity index (χ1v) is 8.53. The molecule has 0 aliphatic carbocycles. The van der Waals surface area contributed by atoms with Crippen LogP contribution in [0.15, 0.2) is 39.0 Å². The van der Waals surface area contributed by atoms with Crippen LogP contribution in [0, 0.1) is 0 Å². The van der Waals surface area contributed by atoms with E-state index < -0.39 is 16.1 Å². The van der Waals surface area contributed by atoms with Crippen molar-refractivity contribution in [3.63, 3.8) is 0 Å². The highest BCUT2D eigenvalue weighted by molar-refractivity contribution is 9.11. The van der Waals surface area contributed by atoms with Crippen LogP contribution in [0.2, 0.25) is 0 Å². The van der Waals surface area contributed by atoms with Crippen LogP contribution in [0.3, 0.4) is 0 Å². The maximum Gasteiger partial charge on any atom is 0.264 e. The summed E-state index contributed by atoms with van der Waals surface area (Å²) in [5.41, 5.74) is 0.933. The number of halogens is 1. The van der Waals surface area contributed by atoms with E-state index in [1.807, 2.05) is 0 Å². The highest BCUT2D eigenvalue weighted by Crippen LogP contribution is 2.45. The lowest BCUT2D eigenvalue weighted by molar-refractivity contribution is 0.222. The van der Waals surface area contributed by atoms with E-state index in [-0.39, 0.29) is 4.90 Å². The van der Waals surface area contributed by atoms with E-state index in [9.17, 15) is 13.5 Å². The van der Waals surface area contributed by atoms with Crippen LogP contribution < -0.4 is 4.31 Å². The Kier molecular flexibility index (Phi) is 2.97. The van der Waals surface area contributed by atoms with Gasteiger partial charge in [0.25, 0.3) is 10.0 Å². The zero-order chi connectivity index (χ0) is 13.8. The number of anilines is 1. The fraction of sp³-hybridized carbons (Fsp3) is 0.167. The molecule has 19 heavy (non-hydrogen) atoms. The number of fused-ring (bicyclic) bond motifs is 2. The normalized spacial score (nSPS) is 20.6. The largest absolute Gasteiger partial charge is 0.383 e. The van der Waals surface area contributed by atoms with Crippen LogP contribution in [0.25, 0.3) is 0 Å². The van der Waals surface area contributed by atoms with Gasteiger partial charge < -0.3 is 5.11 Å². The Morgan fingerprint density at radius 1 is 1.37 bits per heavy atom. The number of aliphatic hydroxyl groups excluding tert-OH is 1. The van der Waals surface area contributed by atoms with Crippen LogP contribution >= 0.6 is 27.3 Å². The summed E-state index contributed by atoms with van der Waals surface area (Å²) in [4.78, 5) is 0.785. The number of thiophene rings is 1. The van der Waals surface area contributed by atoms with Gasteiger partial charge in [-0.25, -0.2) is 8.42 Å². The fourth-order valence-electron chi connectivity index (χ4n) is 2.17. The SMILES string of the molecule is CN1c2cc(Br)sc2C(O)c2ccccc2S1(=O)=O. The molecular weight excluding hydrogens is 350 g/mol. The van der Waals surface area contributed by atoms with Gasteiger partial charge in [0.05, 0.1) is 19.2 Å². The van der Waals surface area contributed by atoms with Crippen molar-refractivity contribution in [2.75, 3.05) is 11.4 Å². The molecule has 1 atom stereocenters. The van der Waals surface area contributed by atoms with Gasteiger partial charge in [-0.3, -0.25) is 4.31 Å². The molecule has 0 radical (unpaired) electrons. The molecule has 100 valence electrons. The van der Waals surface area contributed by atoms with Crippen LogP contribution in [0.5, 0.6) is 0 Å². The summed E-state index contributed by atoms with van der Waals surface area (Å²) in [6.45, 7) is 0. The van der Waals surface area contributed by atoms with E-state index in [4.69, 9.17) is 0 Å². The average Bonchev–Trinajstić information content (AvgIpc) is 2.76. The van der Waals surface area contributed by atoms with Crippen molar-refractivity contribution < 1.29 is 13.5 Å². The molecule has 0 saturated carbocycles. The molecule has 1 N–H and O–H groups in total. The summed E-state index contributed by atoms with van der Waals surface area (Å²) in [6, 6.07) is 8.27. The zero-order valence-corrected chi connectivity index (χ0v) is 13.1.